The van der Waals surface area contributed by atoms with Gasteiger partial charge in [-0.25, -0.2) is 14.2 Å². The number of aryl methyl sites for hydroxylation is 1. The minimum absolute atomic E-state index is 0.260. The Morgan fingerprint density at radius 1 is 1.24 bits per heavy atom. The van der Waals surface area contributed by atoms with Crippen molar-refractivity contribution < 1.29 is 9.90 Å². The van der Waals surface area contributed by atoms with Crippen LogP contribution in [0.3, 0.4) is 0 Å². The summed E-state index contributed by atoms with van der Waals surface area (Å²) in [6.45, 7) is 8.31. The first-order chi connectivity index (χ1) is 11.7. The van der Waals surface area contributed by atoms with Crippen molar-refractivity contribution in [1.82, 2.24) is 24.5 Å². The third-order valence-corrected chi connectivity index (χ3v) is 4.82. The van der Waals surface area contributed by atoms with Crippen LogP contribution in [0, 0.1) is 6.92 Å². The van der Waals surface area contributed by atoms with Crippen molar-refractivity contribution in [3.05, 3.63) is 38.8 Å². The second-order valence-electron chi connectivity index (χ2n) is 5.49. The molecule has 0 saturated heterocycles. The van der Waals surface area contributed by atoms with Crippen molar-refractivity contribution in [2.45, 2.75) is 40.2 Å². The molecule has 3 rings (SSSR count). The number of carboxylic acids is 1. The molecule has 134 valence electrons. The number of aromatic nitrogens is 5. The number of carbonyl (C=O) groups is 1. The predicted molar refractivity (Wildman–Crippen MR) is 94.7 cm³/mol. The largest absolute Gasteiger partial charge is 0.480 e. The number of nitrogens with zero attached hydrogens (tertiary/aromatic N) is 4. The number of carboxylic acid groups (broad SMARTS) is 1. The monoisotopic (exact) mass is 365 g/mol. The molecule has 9 nitrogen and oxygen atoms in total. The summed E-state index contributed by atoms with van der Waals surface area (Å²) in [6.07, 6.45) is 3.00. The van der Waals surface area contributed by atoms with E-state index in [1.165, 1.54) is 31.0 Å². The number of thiophene rings is 1. The maximum Gasteiger partial charge on any atom is 0.330 e. The van der Waals surface area contributed by atoms with Gasteiger partial charge in [0.2, 0.25) is 0 Å². The van der Waals surface area contributed by atoms with Crippen LogP contribution in [0.4, 0.5) is 0 Å². The van der Waals surface area contributed by atoms with Crippen LogP contribution in [-0.4, -0.2) is 35.6 Å². The third kappa shape index (κ3) is 2.88. The summed E-state index contributed by atoms with van der Waals surface area (Å²) in [7, 11) is 0. The van der Waals surface area contributed by atoms with Crippen LogP contribution in [0.5, 0.6) is 0 Å². The van der Waals surface area contributed by atoms with Gasteiger partial charge in [-0.2, -0.15) is 10.2 Å². The lowest BCUT2D eigenvalue weighted by Crippen LogP contribution is -2.50. The van der Waals surface area contributed by atoms with Gasteiger partial charge >= 0.3 is 11.7 Å². The van der Waals surface area contributed by atoms with E-state index in [1.54, 1.807) is 6.92 Å². The van der Waals surface area contributed by atoms with E-state index < -0.39 is 22.8 Å². The molecule has 0 unspecified atom stereocenters. The Kier molecular flexibility index (Phi) is 4.93. The number of hydrogen-bond donors (Lipinski definition) is 2. The number of H-pyrrole nitrogens is 1. The molecule has 3 aromatic rings. The van der Waals surface area contributed by atoms with Gasteiger partial charge in [0.15, 0.2) is 0 Å². The van der Waals surface area contributed by atoms with Crippen molar-refractivity contribution in [2.75, 3.05) is 0 Å². The molecule has 0 saturated carbocycles. The molecular formula is C15H19N5O4S. The quantitative estimate of drug-likeness (QED) is 0.725. The molecule has 0 aromatic carbocycles. The lowest BCUT2D eigenvalue weighted by Gasteiger charge is -2.21. The highest BCUT2D eigenvalue weighted by molar-refractivity contribution is 7.21. The molecular weight excluding hydrogens is 346 g/mol. The van der Waals surface area contributed by atoms with Crippen LogP contribution in [0.25, 0.3) is 15.2 Å². The van der Waals surface area contributed by atoms with Gasteiger partial charge in [0.05, 0.1) is 17.8 Å². The molecule has 0 aliphatic heterocycles. The van der Waals surface area contributed by atoms with Crippen molar-refractivity contribution in [3.63, 3.8) is 0 Å². The standard InChI is InChI=1S/C13H13N5O4S.C2H6/c1-6-7-8(23-10(6)18-14-4-5-15-18)16-12(22)17(9(7)19)13(2,3)11(20)21;1-2/h4-5H,1-3H3,(H,16,22)(H,20,21);1-2H3. The summed E-state index contributed by atoms with van der Waals surface area (Å²) in [4.78, 5) is 40.7. The highest BCUT2D eigenvalue weighted by atomic mass is 32.1. The lowest BCUT2D eigenvalue weighted by atomic mass is 10.1. The molecule has 0 fully saturated rings. The molecule has 10 heteroatoms. The zero-order chi connectivity index (χ0) is 18.9. The van der Waals surface area contributed by atoms with Crippen molar-refractivity contribution in [1.29, 1.82) is 0 Å². The van der Waals surface area contributed by atoms with Gasteiger partial charge in [0.25, 0.3) is 5.56 Å². The van der Waals surface area contributed by atoms with Crippen LogP contribution in [0.2, 0.25) is 0 Å². The third-order valence-electron chi connectivity index (χ3n) is 3.64. The molecule has 0 radical (unpaired) electrons. The van der Waals surface area contributed by atoms with E-state index in [0.717, 1.165) is 15.9 Å². The number of aliphatic carboxylic acids is 1. The minimum atomic E-state index is -1.67. The Hall–Kier alpha value is -2.75. The molecule has 0 bridgehead atoms. The van der Waals surface area contributed by atoms with Gasteiger partial charge < -0.3 is 5.11 Å². The number of nitrogens with one attached hydrogen (secondary N) is 1. The highest BCUT2D eigenvalue weighted by Gasteiger charge is 2.34. The molecule has 3 heterocycles. The fraction of sp³-hybridized carbons (Fsp3) is 0.400. The van der Waals surface area contributed by atoms with E-state index in [-0.39, 0.29) is 5.39 Å². The minimum Gasteiger partial charge on any atom is -0.480 e. The number of hydrogen-bond acceptors (Lipinski definition) is 6. The van der Waals surface area contributed by atoms with Gasteiger partial charge in [0.1, 0.15) is 15.4 Å². The SMILES string of the molecule is CC.Cc1c(-n2nccn2)sc2[nH]c(=O)n(C(C)(C)C(=O)O)c(=O)c12. The Morgan fingerprint density at radius 2 is 1.80 bits per heavy atom. The van der Waals surface area contributed by atoms with Crippen molar-refractivity contribution in [2.24, 2.45) is 0 Å². The second-order valence-corrected chi connectivity index (χ2v) is 6.49. The van der Waals surface area contributed by atoms with E-state index in [9.17, 15) is 19.5 Å². The van der Waals surface area contributed by atoms with Crippen LogP contribution in [0.1, 0.15) is 33.3 Å². The van der Waals surface area contributed by atoms with E-state index in [1.807, 2.05) is 13.8 Å². The Labute approximate surface area is 146 Å². The average molecular weight is 365 g/mol. The summed E-state index contributed by atoms with van der Waals surface area (Å²) in [5, 5.41) is 18.2. The molecule has 25 heavy (non-hydrogen) atoms. The number of aromatic amines is 1. The first kappa shape index (κ1) is 18.6. The topological polar surface area (TPSA) is 123 Å². The average Bonchev–Trinajstić information content (AvgIpc) is 3.17. The zero-order valence-corrected chi connectivity index (χ0v) is 15.3. The molecule has 2 N–H and O–H groups in total. The van der Waals surface area contributed by atoms with Crippen LogP contribution in [-0.2, 0) is 10.3 Å². The molecule has 0 aliphatic carbocycles. The smallest absolute Gasteiger partial charge is 0.330 e. The van der Waals surface area contributed by atoms with Crippen LogP contribution >= 0.6 is 11.3 Å². The molecule has 0 amide bonds. The van der Waals surface area contributed by atoms with E-state index in [4.69, 9.17) is 0 Å². The Bertz CT molecular complexity index is 1030. The summed E-state index contributed by atoms with van der Waals surface area (Å²) in [5.41, 5.74) is -2.51. The van der Waals surface area contributed by atoms with Crippen molar-refractivity contribution in [3.8, 4) is 5.00 Å². The summed E-state index contributed by atoms with van der Waals surface area (Å²) >= 11 is 1.16. The van der Waals surface area contributed by atoms with Gasteiger partial charge in [-0.3, -0.25) is 9.78 Å². The van der Waals surface area contributed by atoms with E-state index >= 15 is 0 Å². The second kappa shape index (κ2) is 6.63. The Balaban J connectivity index is 0.00000109. The van der Waals surface area contributed by atoms with Gasteiger partial charge in [-0.15, -0.1) is 4.80 Å². The molecule has 3 aromatic heterocycles. The normalized spacial score (nSPS) is 11.2. The zero-order valence-electron chi connectivity index (χ0n) is 14.5. The van der Waals surface area contributed by atoms with E-state index in [0.29, 0.717) is 15.4 Å². The first-order valence-electron chi connectivity index (χ1n) is 7.64. The predicted octanol–water partition coefficient (Wildman–Crippen LogP) is 1.49. The number of fused-ring (bicyclic) bond motifs is 1. The fourth-order valence-electron chi connectivity index (χ4n) is 2.32. The summed E-state index contributed by atoms with van der Waals surface area (Å²) in [5.74, 6) is -1.27. The first-order valence-corrected chi connectivity index (χ1v) is 8.45. The summed E-state index contributed by atoms with van der Waals surface area (Å²) in [6, 6.07) is 0. The molecule has 0 aliphatic rings. The van der Waals surface area contributed by atoms with E-state index in [2.05, 4.69) is 15.2 Å². The molecule has 0 spiro atoms. The van der Waals surface area contributed by atoms with Gasteiger partial charge in [0, 0.05) is 5.56 Å². The summed E-state index contributed by atoms with van der Waals surface area (Å²) < 4.78 is 0.720. The number of rotatable bonds is 3. The fourth-order valence-corrected chi connectivity index (χ4v) is 3.42. The maximum atomic E-state index is 12.7. The molecule has 0 atom stereocenters. The van der Waals surface area contributed by atoms with Crippen LogP contribution < -0.4 is 11.2 Å². The Morgan fingerprint density at radius 3 is 2.32 bits per heavy atom. The maximum absolute atomic E-state index is 12.7. The van der Waals surface area contributed by atoms with Crippen molar-refractivity contribution >= 4 is 27.5 Å². The highest BCUT2D eigenvalue weighted by Crippen LogP contribution is 2.29. The van der Waals surface area contributed by atoms with Gasteiger partial charge in [-0.05, 0) is 20.8 Å². The van der Waals surface area contributed by atoms with Crippen LogP contribution in [0.15, 0.2) is 22.0 Å². The lowest BCUT2D eigenvalue weighted by molar-refractivity contribution is -0.146. The van der Waals surface area contributed by atoms with Gasteiger partial charge in [-0.1, -0.05) is 25.2 Å².